The van der Waals surface area contributed by atoms with Crippen molar-refractivity contribution in [3.05, 3.63) is 0 Å². The number of carbonyl (C=O) groups is 1. The second-order valence-electron chi connectivity index (χ2n) is 11.6. The van der Waals surface area contributed by atoms with Gasteiger partial charge in [0.1, 0.15) is 6.10 Å². The minimum absolute atomic E-state index is 0.0716. The summed E-state index contributed by atoms with van der Waals surface area (Å²) in [7, 11) is 0. The van der Waals surface area contributed by atoms with Crippen LogP contribution in [0.2, 0.25) is 0 Å². The summed E-state index contributed by atoms with van der Waals surface area (Å²) in [5.74, 6) is 3.47. The first-order chi connectivity index (χ1) is 12.4. The molecule has 0 spiro atoms. The Morgan fingerprint density at radius 1 is 0.769 bits per heavy atom. The minimum atomic E-state index is 0.0716. The number of carbonyl (C=O) groups excluding carboxylic acids is 1. The van der Waals surface area contributed by atoms with Crippen molar-refractivity contribution in [1.82, 2.24) is 0 Å². The molecule has 0 amide bonds. The highest BCUT2D eigenvalue weighted by molar-refractivity contribution is 5.70. The summed E-state index contributed by atoms with van der Waals surface area (Å²) in [6.07, 6.45) is 16.0. The molecule has 0 N–H and O–H groups in total. The summed E-state index contributed by atoms with van der Waals surface area (Å²) < 4.78 is 6.10. The number of rotatable bonds is 0. The van der Waals surface area contributed by atoms with Gasteiger partial charge in [-0.3, -0.25) is 4.79 Å². The standard InChI is InChI=1S/C24H38O2/c1-22-11-5-4-6-17(22)16-7-8-19-21-23(2,13-10-20(25)26-21)14-15-24(19,3)18(16)9-12-22/h16-19,21H,4-15H2,1-3H3/t16-,17-,18-,19-,21-,22-,23-,24+/m0/s1. The maximum atomic E-state index is 12.1. The average Bonchev–Trinajstić information content (AvgIpc) is 2.62. The highest BCUT2D eigenvalue weighted by atomic mass is 16.5. The van der Waals surface area contributed by atoms with Crippen molar-refractivity contribution < 1.29 is 9.53 Å². The predicted molar refractivity (Wildman–Crippen MR) is 104 cm³/mol. The highest BCUT2D eigenvalue weighted by Crippen LogP contribution is 2.68. The van der Waals surface area contributed by atoms with E-state index in [1.807, 2.05) is 0 Å². The molecule has 0 aromatic rings. The zero-order chi connectivity index (χ0) is 18.2. The highest BCUT2D eigenvalue weighted by Gasteiger charge is 2.62. The van der Waals surface area contributed by atoms with Crippen molar-refractivity contribution in [2.24, 2.45) is 39.9 Å². The molecular formula is C24H38O2. The van der Waals surface area contributed by atoms with Crippen molar-refractivity contribution in [3.63, 3.8) is 0 Å². The smallest absolute Gasteiger partial charge is 0.306 e. The number of esters is 1. The van der Waals surface area contributed by atoms with Gasteiger partial charge in [0.25, 0.3) is 0 Å². The lowest BCUT2D eigenvalue weighted by molar-refractivity contribution is -0.217. The first-order valence-electron chi connectivity index (χ1n) is 11.6. The number of fused-ring (bicyclic) bond motifs is 7. The van der Waals surface area contributed by atoms with Gasteiger partial charge >= 0.3 is 5.97 Å². The summed E-state index contributed by atoms with van der Waals surface area (Å²) in [6, 6.07) is 0. The van der Waals surface area contributed by atoms with E-state index in [1.165, 1.54) is 64.2 Å². The third-order valence-corrected chi connectivity index (χ3v) is 10.4. The van der Waals surface area contributed by atoms with Crippen LogP contribution < -0.4 is 0 Å². The molecule has 5 rings (SSSR count). The molecule has 5 aliphatic rings. The molecule has 0 aromatic carbocycles. The first kappa shape index (κ1) is 17.6. The third kappa shape index (κ3) is 2.32. The number of hydrogen-bond donors (Lipinski definition) is 0. The van der Waals surface area contributed by atoms with Gasteiger partial charge in [-0.25, -0.2) is 0 Å². The van der Waals surface area contributed by atoms with Crippen LogP contribution in [0, 0.1) is 39.9 Å². The molecule has 1 aliphatic heterocycles. The van der Waals surface area contributed by atoms with E-state index in [0.29, 0.717) is 23.2 Å². The van der Waals surface area contributed by atoms with E-state index in [4.69, 9.17) is 4.74 Å². The Kier molecular flexibility index (Phi) is 3.88. The van der Waals surface area contributed by atoms with Crippen molar-refractivity contribution in [2.75, 3.05) is 0 Å². The molecule has 0 bridgehead atoms. The lowest BCUT2D eigenvalue weighted by Crippen LogP contribution is -2.61. The van der Waals surface area contributed by atoms with E-state index in [2.05, 4.69) is 20.8 Å². The Balaban J connectivity index is 1.46. The van der Waals surface area contributed by atoms with Gasteiger partial charge in [0.15, 0.2) is 0 Å². The second kappa shape index (κ2) is 5.74. The van der Waals surface area contributed by atoms with E-state index < -0.39 is 0 Å². The molecule has 5 fully saturated rings. The van der Waals surface area contributed by atoms with Crippen LogP contribution in [0.15, 0.2) is 0 Å². The van der Waals surface area contributed by atoms with Crippen molar-refractivity contribution in [3.8, 4) is 0 Å². The normalized spacial score (nSPS) is 56.4. The molecule has 0 radical (unpaired) electrons. The lowest BCUT2D eigenvalue weighted by Gasteiger charge is -2.65. The molecule has 8 atom stereocenters. The fraction of sp³-hybridized carbons (Fsp3) is 0.958. The quantitative estimate of drug-likeness (QED) is 0.487. The van der Waals surface area contributed by atoms with Gasteiger partial charge < -0.3 is 4.74 Å². The maximum absolute atomic E-state index is 12.1. The maximum Gasteiger partial charge on any atom is 0.306 e. The fourth-order valence-electron chi connectivity index (χ4n) is 8.78. The Labute approximate surface area is 159 Å². The summed E-state index contributed by atoms with van der Waals surface area (Å²) in [5.41, 5.74) is 1.28. The van der Waals surface area contributed by atoms with Crippen LogP contribution in [0.3, 0.4) is 0 Å². The van der Waals surface area contributed by atoms with Crippen LogP contribution >= 0.6 is 0 Å². The Hall–Kier alpha value is -0.530. The monoisotopic (exact) mass is 358 g/mol. The van der Waals surface area contributed by atoms with Crippen LogP contribution in [-0.2, 0) is 9.53 Å². The van der Waals surface area contributed by atoms with Gasteiger partial charge in [0, 0.05) is 17.8 Å². The average molecular weight is 359 g/mol. The SMILES string of the molecule is C[C@@]12CCCC[C@H]1[C@@H]1CC[C@H]3[C@@H]4OC(=O)CC[C@@]4(C)CC[C@]3(C)[C@H]1CC2. The van der Waals surface area contributed by atoms with Crippen molar-refractivity contribution >= 4 is 5.97 Å². The second-order valence-corrected chi connectivity index (χ2v) is 11.6. The van der Waals surface area contributed by atoms with Crippen molar-refractivity contribution in [2.45, 2.75) is 104 Å². The molecule has 1 saturated heterocycles. The summed E-state index contributed by atoms with van der Waals surface area (Å²) >= 11 is 0. The summed E-state index contributed by atoms with van der Waals surface area (Å²) in [5, 5.41) is 0. The molecule has 2 heteroatoms. The molecule has 0 aromatic heterocycles. The zero-order valence-corrected chi connectivity index (χ0v) is 17.2. The molecule has 2 nitrogen and oxygen atoms in total. The molecule has 0 unspecified atom stereocenters. The van der Waals surface area contributed by atoms with Gasteiger partial charge in [0.05, 0.1) is 0 Å². The first-order valence-corrected chi connectivity index (χ1v) is 11.6. The largest absolute Gasteiger partial charge is 0.461 e. The molecule has 146 valence electrons. The lowest BCUT2D eigenvalue weighted by atomic mass is 9.41. The Bertz CT molecular complexity index is 599. The number of hydrogen-bond acceptors (Lipinski definition) is 2. The summed E-state index contributed by atoms with van der Waals surface area (Å²) in [6.45, 7) is 7.62. The van der Waals surface area contributed by atoms with Crippen LogP contribution in [0.5, 0.6) is 0 Å². The molecule has 4 aliphatic carbocycles. The Morgan fingerprint density at radius 2 is 1.62 bits per heavy atom. The summed E-state index contributed by atoms with van der Waals surface area (Å²) in [4.78, 5) is 12.1. The minimum Gasteiger partial charge on any atom is -0.461 e. The van der Waals surface area contributed by atoms with Crippen LogP contribution in [0.25, 0.3) is 0 Å². The van der Waals surface area contributed by atoms with Gasteiger partial charge in [-0.1, -0.05) is 33.6 Å². The van der Waals surface area contributed by atoms with Crippen molar-refractivity contribution in [1.29, 1.82) is 0 Å². The molecule has 4 saturated carbocycles. The van der Waals surface area contributed by atoms with Crippen LogP contribution in [0.4, 0.5) is 0 Å². The van der Waals surface area contributed by atoms with Gasteiger partial charge in [-0.05, 0) is 86.4 Å². The zero-order valence-electron chi connectivity index (χ0n) is 17.2. The predicted octanol–water partition coefficient (Wildman–Crippen LogP) is 6.13. The molecule has 1 heterocycles. The molecule has 26 heavy (non-hydrogen) atoms. The van der Waals surface area contributed by atoms with E-state index in [0.717, 1.165) is 24.2 Å². The van der Waals surface area contributed by atoms with Crippen LogP contribution in [-0.4, -0.2) is 12.1 Å². The van der Waals surface area contributed by atoms with E-state index in [9.17, 15) is 4.79 Å². The topological polar surface area (TPSA) is 26.3 Å². The van der Waals surface area contributed by atoms with E-state index in [1.54, 1.807) is 0 Å². The van der Waals surface area contributed by atoms with E-state index >= 15 is 0 Å². The van der Waals surface area contributed by atoms with E-state index in [-0.39, 0.29) is 17.5 Å². The van der Waals surface area contributed by atoms with Gasteiger partial charge in [0.2, 0.25) is 0 Å². The Morgan fingerprint density at radius 3 is 2.46 bits per heavy atom. The van der Waals surface area contributed by atoms with Gasteiger partial charge in [-0.15, -0.1) is 0 Å². The fourth-order valence-corrected chi connectivity index (χ4v) is 8.78. The number of ether oxygens (including phenoxy) is 1. The molecular weight excluding hydrogens is 320 g/mol. The van der Waals surface area contributed by atoms with Crippen LogP contribution in [0.1, 0.15) is 97.8 Å². The van der Waals surface area contributed by atoms with Gasteiger partial charge in [-0.2, -0.15) is 0 Å². The third-order valence-electron chi connectivity index (χ3n) is 10.4.